The molecule has 6 nitrogen and oxygen atoms in total. The van der Waals surface area contributed by atoms with E-state index in [1.807, 2.05) is 22.6 Å². The second-order valence-electron chi connectivity index (χ2n) is 3.79. The highest BCUT2D eigenvalue weighted by molar-refractivity contribution is 14.1. The number of piperazine rings is 1. The molecule has 1 aliphatic rings. The minimum Gasteiger partial charge on any atom is -0.507 e. The molecule has 1 saturated heterocycles. The lowest BCUT2D eigenvalue weighted by Crippen LogP contribution is -2.53. The van der Waals surface area contributed by atoms with Crippen LogP contribution in [0.2, 0.25) is 0 Å². The van der Waals surface area contributed by atoms with Gasteiger partial charge < -0.3 is 10.0 Å². The monoisotopic (exact) mass is 360 g/mol. The molecule has 1 aromatic rings. The van der Waals surface area contributed by atoms with Crippen molar-refractivity contribution < 1.29 is 19.5 Å². The van der Waals surface area contributed by atoms with E-state index in [4.69, 9.17) is 0 Å². The van der Waals surface area contributed by atoms with Crippen molar-refractivity contribution in [1.29, 1.82) is 0 Å². The van der Waals surface area contributed by atoms with E-state index in [9.17, 15) is 19.5 Å². The van der Waals surface area contributed by atoms with Gasteiger partial charge in [0.1, 0.15) is 18.8 Å². The van der Waals surface area contributed by atoms with Crippen LogP contribution in [0, 0.1) is 3.57 Å². The summed E-state index contributed by atoms with van der Waals surface area (Å²) in [5.74, 6) is -1.75. The van der Waals surface area contributed by atoms with E-state index in [0.29, 0.717) is 0 Å². The van der Waals surface area contributed by atoms with Crippen LogP contribution in [0.1, 0.15) is 10.4 Å². The Kier molecular flexibility index (Phi) is 3.50. The molecule has 94 valence electrons. The average Bonchev–Trinajstić information content (AvgIpc) is 2.30. The minimum absolute atomic E-state index is 0.0874. The van der Waals surface area contributed by atoms with Crippen molar-refractivity contribution in [2.24, 2.45) is 0 Å². The van der Waals surface area contributed by atoms with E-state index in [0.717, 1.165) is 8.47 Å². The van der Waals surface area contributed by atoms with Gasteiger partial charge in [0, 0.05) is 3.57 Å². The molecule has 2 rings (SSSR count). The summed E-state index contributed by atoms with van der Waals surface area (Å²) >= 11 is 2.01. The number of phenols is 1. The van der Waals surface area contributed by atoms with Crippen molar-refractivity contribution in [1.82, 2.24) is 10.2 Å². The fourth-order valence-corrected chi connectivity index (χ4v) is 2.12. The average molecular weight is 360 g/mol. The lowest BCUT2D eigenvalue weighted by atomic mass is 10.1. The highest BCUT2D eigenvalue weighted by Crippen LogP contribution is 2.21. The van der Waals surface area contributed by atoms with Crippen LogP contribution in [0.4, 0.5) is 0 Å². The summed E-state index contributed by atoms with van der Waals surface area (Å²) in [5.41, 5.74) is 0.0874. The van der Waals surface area contributed by atoms with Crippen LogP contribution in [0.15, 0.2) is 18.2 Å². The van der Waals surface area contributed by atoms with Crippen molar-refractivity contribution in [3.63, 3.8) is 0 Å². The fourth-order valence-electron chi connectivity index (χ4n) is 1.63. The quantitative estimate of drug-likeness (QED) is 0.549. The second-order valence-corrected chi connectivity index (χ2v) is 5.04. The number of phenolic OH excluding ortho intramolecular Hbond substituents is 1. The molecular formula is C11H9IN2O4. The number of imide groups is 1. The molecule has 0 radical (unpaired) electrons. The Bertz CT molecular complexity index is 528. The van der Waals surface area contributed by atoms with Gasteiger partial charge in [-0.15, -0.1) is 0 Å². The molecule has 0 spiro atoms. The lowest BCUT2D eigenvalue weighted by Gasteiger charge is -2.25. The Hall–Kier alpha value is -1.64. The highest BCUT2D eigenvalue weighted by atomic mass is 127. The Balaban J connectivity index is 2.28. The van der Waals surface area contributed by atoms with Crippen LogP contribution in [0.5, 0.6) is 5.75 Å². The predicted octanol–water partition coefficient (Wildman–Crippen LogP) is 0.0954. The fraction of sp³-hybridized carbons (Fsp3) is 0.182. The van der Waals surface area contributed by atoms with E-state index < -0.39 is 17.7 Å². The molecule has 3 amide bonds. The molecule has 1 heterocycles. The van der Waals surface area contributed by atoms with E-state index in [1.165, 1.54) is 12.1 Å². The zero-order valence-electron chi connectivity index (χ0n) is 9.14. The Morgan fingerprint density at radius 2 is 1.89 bits per heavy atom. The van der Waals surface area contributed by atoms with Crippen molar-refractivity contribution in [2.45, 2.75) is 0 Å². The summed E-state index contributed by atoms with van der Waals surface area (Å²) < 4.78 is 0.779. The van der Waals surface area contributed by atoms with Crippen molar-refractivity contribution >= 4 is 40.3 Å². The maximum absolute atomic E-state index is 12.1. The minimum atomic E-state index is -0.533. The number of rotatable bonds is 1. The number of hydrogen-bond acceptors (Lipinski definition) is 4. The highest BCUT2D eigenvalue weighted by Gasteiger charge is 2.28. The zero-order chi connectivity index (χ0) is 13.3. The molecule has 0 atom stereocenters. The molecule has 0 unspecified atom stereocenters. The van der Waals surface area contributed by atoms with Crippen LogP contribution in [-0.2, 0) is 9.59 Å². The van der Waals surface area contributed by atoms with Gasteiger partial charge in [0.05, 0.1) is 5.56 Å². The van der Waals surface area contributed by atoms with E-state index in [2.05, 4.69) is 5.32 Å². The first-order chi connectivity index (χ1) is 8.47. The predicted molar refractivity (Wildman–Crippen MR) is 69.9 cm³/mol. The van der Waals surface area contributed by atoms with E-state index in [-0.39, 0.29) is 24.4 Å². The topological polar surface area (TPSA) is 86.7 Å². The first-order valence-electron chi connectivity index (χ1n) is 5.08. The summed E-state index contributed by atoms with van der Waals surface area (Å²) in [6, 6.07) is 4.57. The van der Waals surface area contributed by atoms with Gasteiger partial charge in [-0.1, -0.05) is 0 Å². The number of nitrogens with zero attached hydrogens (tertiary/aromatic N) is 1. The third kappa shape index (κ3) is 2.61. The van der Waals surface area contributed by atoms with Crippen LogP contribution in [0.25, 0.3) is 0 Å². The molecule has 0 saturated carbocycles. The SMILES string of the molecule is O=C1CN(C(=O)c2cc(I)ccc2O)CC(=O)N1. The van der Waals surface area contributed by atoms with E-state index in [1.54, 1.807) is 6.07 Å². The Morgan fingerprint density at radius 3 is 2.50 bits per heavy atom. The number of carbonyl (C=O) groups is 3. The van der Waals surface area contributed by atoms with Gasteiger partial charge >= 0.3 is 0 Å². The third-order valence-electron chi connectivity index (χ3n) is 2.42. The van der Waals surface area contributed by atoms with Gasteiger partial charge in [-0.3, -0.25) is 19.7 Å². The number of hydrogen-bond donors (Lipinski definition) is 2. The van der Waals surface area contributed by atoms with Gasteiger partial charge in [0.15, 0.2) is 0 Å². The molecule has 7 heteroatoms. The van der Waals surface area contributed by atoms with Gasteiger partial charge in [0.25, 0.3) is 5.91 Å². The summed E-state index contributed by atoms with van der Waals surface area (Å²) in [7, 11) is 0. The molecule has 0 aromatic heterocycles. The standard InChI is InChI=1S/C11H9IN2O4/c12-6-1-2-8(15)7(3-6)11(18)14-4-9(16)13-10(17)5-14/h1-3,15H,4-5H2,(H,13,16,17). The number of nitrogens with one attached hydrogen (secondary N) is 1. The molecule has 0 bridgehead atoms. The van der Waals surface area contributed by atoms with Crippen molar-refractivity contribution in [3.05, 3.63) is 27.3 Å². The van der Waals surface area contributed by atoms with Crippen LogP contribution >= 0.6 is 22.6 Å². The van der Waals surface area contributed by atoms with Gasteiger partial charge in [-0.25, -0.2) is 0 Å². The summed E-state index contributed by atoms with van der Waals surface area (Å²) in [5, 5.41) is 11.7. The van der Waals surface area contributed by atoms with Crippen molar-refractivity contribution in [2.75, 3.05) is 13.1 Å². The maximum atomic E-state index is 12.1. The van der Waals surface area contributed by atoms with Gasteiger partial charge in [0.2, 0.25) is 11.8 Å². The Labute approximate surface area is 116 Å². The molecule has 0 aliphatic carbocycles. The van der Waals surface area contributed by atoms with Crippen LogP contribution in [0.3, 0.4) is 0 Å². The molecular weight excluding hydrogens is 351 g/mol. The normalized spacial score (nSPS) is 15.5. The second kappa shape index (κ2) is 4.92. The molecule has 1 aromatic carbocycles. The number of benzene rings is 1. The zero-order valence-corrected chi connectivity index (χ0v) is 11.3. The Morgan fingerprint density at radius 1 is 1.28 bits per heavy atom. The summed E-state index contributed by atoms with van der Waals surface area (Å²) in [6.45, 7) is -0.370. The number of halogens is 1. The molecule has 2 N–H and O–H groups in total. The van der Waals surface area contributed by atoms with Crippen LogP contribution < -0.4 is 5.32 Å². The van der Waals surface area contributed by atoms with Gasteiger partial charge in [-0.2, -0.15) is 0 Å². The smallest absolute Gasteiger partial charge is 0.258 e. The number of aromatic hydroxyl groups is 1. The summed E-state index contributed by atoms with van der Waals surface area (Å²) in [4.78, 5) is 35.6. The molecule has 18 heavy (non-hydrogen) atoms. The first kappa shape index (κ1) is 12.8. The van der Waals surface area contributed by atoms with Crippen molar-refractivity contribution in [3.8, 4) is 5.75 Å². The van der Waals surface area contributed by atoms with Crippen LogP contribution in [-0.4, -0.2) is 40.8 Å². The van der Waals surface area contributed by atoms with Gasteiger partial charge in [-0.05, 0) is 40.8 Å². The maximum Gasteiger partial charge on any atom is 0.258 e. The summed E-state index contributed by atoms with van der Waals surface area (Å²) in [6.07, 6.45) is 0. The molecule has 1 aliphatic heterocycles. The lowest BCUT2D eigenvalue weighted by molar-refractivity contribution is -0.135. The number of amides is 3. The molecule has 1 fully saturated rings. The third-order valence-corrected chi connectivity index (χ3v) is 3.09. The van der Waals surface area contributed by atoms with E-state index >= 15 is 0 Å². The number of carbonyl (C=O) groups excluding carboxylic acids is 3. The first-order valence-corrected chi connectivity index (χ1v) is 6.15. The largest absolute Gasteiger partial charge is 0.507 e.